The highest BCUT2D eigenvalue weighted by molar-refractivity contribution is 7.98. The maximum atomic E-state index is 13.5. The lowest BCUT2D eigenvalue weighted by atomic mass is 10.2. The molecule has 0 aliphatic rings. The molecule has 0 fully saturated rings. The minimum atomic E-state index is -4.06. The van der Waals surface area contributed by atoms with Gasteiger partial charge in [0.05, 0.1) is 24.8 Å². The molecule has 1 amide bonds. The number of thioether (sulfide) groups is 1. The number of halogens is 1. The highest BCUT2D eigenvalue weighted by atomic mass is 35.5. The van der Waals surface area contributed by atoms with Crippen LogP contribution in [0.15, 0.2) is 77.7 Å². The summed E-state index contributed by atoms with van der Waals surface area (Å²) in [5, 5.41) is 3.54. The van der Waals surface area contributed by atoms with Gasteiger partial charge in [-0.3, -0.25) is 9.10 Å². The lowest BCUT2D eigenvalue weighted by Gasteiger charge is -2.26. The van der Waals surface area contributed by atoms with E-state index in [0.717, 1.165) is 22.2 Å². The van der Waals surface area contributed by atoms with Gasteiger partial charge < -0.3 is 14.8 Å². The van der Waals surface area contributed by atoms with Crippen LogP contribution in [0, 0.1) is 0 Å². The third-order valence-corrected chi connectivity index (χ3v) is 8.38. The SMILES string of the molecule is COc1ccc(OC)c(N(CC(=O)NCCCSCc2ccc(Cl)cc2)S(=O)(=O)c2ccccc2)c1. The molecule has 3 rings (SSSR count). The number of methoxy groups -OCH3 is 2. The zero-order valence-corrected chi connectivity index (χ0v) is 22.5. The summed E-state index contributed by atoms with van der Waals surface area (Å²) in [7, 11) is -1.13. The highest BCUT2D eigenvalue weighted by Crippen LogP contribution is 2.35. The Kier molecular flexibility index (Phi) is 10.3. The summed E-state index contributed by atoms with van der Waals surface area (Å²) < 4.78 is 38.8. The van der Waals surface area contributed by atoms with Crippen molar-refractivity contribution in [2.45, 2.75) is 17.1 Å². The Bertz CT molecular complexity index is 1240. The molecule has 36 heavy (non-hydrogen) atoms. The van der Waals surface area contributed by atoms with Crippen molar-refractivity contribution in [1.82, 2.24) is 5.32 Å². The van der Waals surface area contributed by atoms with E-state index in [2.05, 4.69) is 5.32 Å². The number of hydrogen-bond donors (Lipinski definition) is 1. The van der Waals surface area contributed by atoms with Gasteiger partial charge >= 0.3 is 0 Å². The van der Waals surface area contributed by atoms with Crippen LogP contribution in [-0.4, -0.2) is 47.4 Å². The molecule has 0 unspecified atom stereocenters. The molecular weight excluding hydrogens is 520 g/mol. The van der Waals surface area contributed by atoms with Crippen molar-refractivity contribution in [2.75, 3.05) is 37.4 Å². The molecule has 0 aliphatic heterocycles. The molecular formula is C26H29ClN2O5S2. The average molecular weight is 549 g/mol. The topological polar surface area (TPSA) is 84.9 Å². The monoisotopic (exact) mass is 548 g/mol. The largest absolute Gasteiger partial charge is 0.497 e. The van der Waals surface area contributed by atoms with E-state index >= 15 is 0 Å². The molecule has 0 saturated carbocycles. The number of ether oxygens (including phenoxy) is 2. The molecule has 3 aromatic carbocycles. The first-order valence-electron chi connectivity index (χ1n) is 11.2. The molecule has 0 atom stereocenters. The molecule has 0 saturated heterocycles. The van der Waals surface area contributed by atoms with E-state index in [1.165, 1.54) is 31.9 Å². The number of carbonyl (C=O) groups is 1. The van der Waals surface area contributed by atoms with Crippen molar-refractivity contribution in [1.29, 1.82) is 0 Å². The zero-order chi connectivity index (χ0) is 26.0. The third kappa shape index (κ3) is 7.56. The van der Waals surface area contributed by atoms with E-state index in [-0.39, 0.29) is 10.6 Å². The van der Waals surface area contributed by atoms with Gasteiger partial charge in [0.25, 0.3) is 10.0 Å². The van der Waals surface area contributed by atoms with Crippen LogP contribution in [0.1, 0.15) is 12.0 Å². The predicted octanol–water partition coefficient (Wildman–Crippen LogP) is 4.99. The summed E-state index contributed by atoms with van der Waals surface area (Å²) in [6.45, 7) is 0.0274. The molecule has 0 spiro atoms. The summed E-state index contributed by atoms with van der Waals surface area (Å²) in [5.41, 5.74) is 1.40. The van der Waals surface area contributed by atoms with Crippen molar-refractivity contribution in [2.24, 2.45) is 0 Å². The summed E-state index contributed by atoms with van der Waals surface area (Å²) in [6, 6.07) is 20.5. The lowest BCUT2D eigenvalue weighted by Crippen LogP contribution is -2.41. The molecule has 1 N–H and O–H groups in total. The summed E-state index contributed by atoms with van der Waals surface area (Å²) in [4.78, 5) is 12.9. The number of hydrogen-bond acceptors (Lipinski definition) is 6. The number of benzene rings is 3. The van der Waals surface area contributed by atoms with Gasteiger partial charge in [-0.05, 0) is 54.1 Å². The predicted molar refractivity (Wildman–Crippen MR) is 146 cm³/mol. The fourth-order valence-electron chi connectivity index (χ4n) is 3.37. The van der Waals surface area contributed by atoms with Crippen molar-refractivity contribution < 1.29 is 22.7 Å². The van der Waals surface area contributed by atoms with E-state index in [9.17, 15) is 13.2 Å². The fraction of sp³-hybridized carbons (Fsp3) is 0.269. The second kappa shape index (κ2) is 13.4. The van der Waals surface area contributed by atoms with E-state index in [0.29, 0.717) is 23.1 Å². The second-order valence-corrected chi connectivity index (χ2v) is 11.1. The van der Waals surface area contributed by atoms with Gasteiger partial charge in [-0.1, -0.05) is 41.9 Å². The molecule has 0 bridgehead atoms. The first kappa shape index (κ1) is 27.7. The first-order chi connectivity index (χ1) is 17.3. The standard InChI is InChI=1S/C26H29ClN2O5S2/c1-33-22-13-14-25(34-2)24(17-22)29(36(31,32)23-7-4-3-5-8-23)18-26(30)28-15-6-16-35-19-20-9-11-21(27)12-10-20/h3-5,7-14,17H,6,15-16,18-19H2,1-2H3,(H,28,30). The van der Waals surface area contributed by atoms with E-state index in [4.69, 9.17) is 21.1 Å². The van der Waals surface area contributed by atoms with Crippen LogP contribution in [-0.2, 0) is 20.6 Å². The molecule has 0 heterocycles. The highest BCUT2D eigenvalue weighted by Gasteiger charge is 2.29. The Morgan fingerprint density at radius 1 is 1.00 bits per heavy atom. The summed E-state index contributed by atoms with van der Waals surface area (Å²) in [5.74, 6) is 2.03. The van der Waals surface area contributed by atoms with Crippen molar-refractivity contribution in [3.05, 3.63) is 83.4 Å². The lowest BCUT2D eigenvalue weighted by molar-refractivity contribution is -0.119. The fourth-order valence-corrected chi connectivity index (χ4v) is 5.86. The van der Waals surface area contributed by atoms with Crippen LogP contribution in [0.4, 0.5) is 5.69 Å². The van der Waals surface area contributed by atoms with Crippen LogP contribution in [0.25, 0.3) is 0 Å². The van der Waals surface area contributed by atoms with Crippen LogP contribution in [0.5, 0.6) is 11.5 Å². The van der Waals surface area contributed by atoms with E-state index < -0.39 is 22.5 Å². The maximum Gasteiger partial charge on any atom is 0.264 e. The number of nitrogens with one attached hydrogen (secondary N) is 1. The van der Waals surface area contributed by atoms with Crippen molar-refractivity contribution >= 4 is 45.0 Å². The average Bonchev–Trinajstić information content (AvgIpc) is 2.90. The number of nitrogens with zero attached hydrogens (tertiary/aromatic N) is 1. The van der Waals surface area contributed by atoms with Gasteiger partial charge in [0.2, 0.25) is 5.91 Å². The molecule has 192 valence electrons. The van der Waals surface area contributed by atoms with Crippen LogP contribution in [0.3, 0.4) is 0 Å². The quantitative estimate of drug-likeness (QED) is 0.303. The van der Waals surface area contributed by atoms with Gasteiger partial charge in [-0.25, -0.2) is 8.42 Å². The summed E-state index contributed by atoms with van der Waals surface area (Å²) >= 11 is 7.67. The first-order valence-corrected chi connectivity index (χ1v) is 14.2. The molecule has 10 heteroatoms. The molecule has 0 aromatic heterocycles. The number of sulfonamides is 1. The van der Waals surface area contributed by atoms with E-state index in [1.54, 1.807) is 48.2 Å². The maximum absolute atomic E-state index is 13.5. The van der Waals surface area contributed by atoms with Crippen LogP contribution >= 0.6 is 23.4 Å². The molecule has 0 aliphatic carbocycles. The van der Waals surface area contributed by atoms with Gasteiger partial charge in [-0.2, -0.15) is 11.8 Å². The van der Waals surface area contributed by atoms with Gasteiger partial charge in [0.15, 0.2) is 0 Å². The zero-order valence-electron chi connectivity index (χ0n) is 20.1. The molecule has 0 radical (unpaired) electrons. The molecule has 7 nitrogen and oxygen atoms in total. The Hall–Kier alpha value is -2.88. The van der Waals surface area contributed by atoms with Crippen LogP contribution in [0.2, 0.25) is 5.02 Å². The van der Waals surface area contributed by atoms with Crippen molar-refractivity contribution in [3.63, 3.8) is 0 Å². The Labute approximate surface area is 221 Å². The van der Waals surface area contributed by atoms with Gasteiger partial charge in [-0.15, -0.1) is 0 Å². The number of amides is 1. The van der Waals surface area contributed by atoms with Crippen molar-refractivity contribution in [3.8, 4) is 11.5 Å². The minimum absolute atomic E-state index is 0.0706. The summed E-state index contributed by atoms with van der Waals surface area (Å²) in [6.07, 6.45) is 0.748. The van der Waals surface area contributed by atoms with Gasteiger partial charge in [0.1, 0.15) is 18.0 Å². The number of anilines is 1. The smallest absolute Gasteiger partial charge is 0.264 e. The number of carbonyl (C=O) groups excluding carboxylic acids is 1. The normalized spacial score (nSPS) is 11.1. The Morgan fingerprint density at radius 3 is 2.39 bits per heavy atom. The molecule has 3 aromatic rings. The third-order valence-electron chi connectivity index (χ3n) is 5.24. The number of rotatable bonds is 13. The Balaban J connectivity index is 1.66. The van der Waals surface area contributed by atoms with E-state index in [1.807, 2.05) is 24.3 Å². The second-order valence-electron chi connectivity index (χ2n) is 7.75. The Morgan fingerprint density at radius 2 is 1.72 bits per heavy atom. The minimum Gasteiger partial charge on any atom is -0.497 e. The van der Waals surface area contributed by atoms with Gasteiger partial charge in [0, 0.05) is 23.4 Å². The van der Waals surface area contributed by atoms with Crippen LogP contribution < -0.4 is 19.1 Å².